The Morgan fingerprint density at radius 1 is 1.19 bits per heavy atom. The first kappa shape index (κ1) is 11.5. The second-order valence-corrected chi connectivity index (χ2v) is 4.67. The largest absolute Gasteiger partial charge is 0.399 e. The molecule has 1 aromatic carbocycles. The molecule has 88 valence electrons. The maximum atomic E-state index is 5.75. The van der Waals surface area contributed by atoms with E-state index in [1.807, 2.05) is 12.1 Å². The van der Waals surface area contributed by atoms with Crippen molar-refractivity contribution < 1.29 is 0 Å². The Bertz CT molecular complexity index is 323. The van der Waals surface area contributed by atoms with Gasteiger partial charge in [0.05, 0.1) is 0 Å². The van der Waals surface area contributed by atoms with E-state index in [2.05, 4.69) is 30.9 Å². The number of nitrogens with zero attached hydrogens (tertiary/aromatic N) is 1. The average Bonchev–Trinajstić information content (AvgIpc) is 3.11. The molecule has 0 amide bonds. The Kier molecular flexibility index (Phi) is 3.49. The summed E-state index contributed by atoms with van der Waals surface area (Å²) in [5, 5.41) is 0. The smallest absolute Gasteiger partial charge is 0.0376 e. The molecule has 2 rings (SSSR count). The number of benzene rings is 1. The summed E-state index contributed by atoms with van der Waals surface area (Å²) in [7, 11) is 0. The zero-order valence-electron chi connectivity index (χ0n) is 10.3. The molecule has 1 fully saturated rings. The lowest BCUT2D eigenvalue weighted by Gasteiger charge is -2.30. The van der Waals surface area contributed by atoms with Gasteiger partial charge in [-0.3, -0.25) is 4.90 Å². The van der Waals surface area contributed by atoms with Gasteiger partial charge in [-0.25, -0.2) is 0 Å². The summed E-state index contributed by atoms with van der Waals surface area (Å²) in [6, 6.07) is 9.03. The molecule has 1 aromatic rings. The average molecular weight is 218 g/mol. The molecule has 1 unspecified atom stereocenters. The topological polar surface area (TPSA) is 29.3 Å². The van der Waals surface area contributed by atoms with E-state index >= 15 is 0 Å². The summed E-state index contributed by atoms with van der Waals surface area (Å²) in [5.41, 5.74) is 8.04. The number of hydrogen-bond acceptors (Lipinski definition) is 2. The van der Waals surface area contributed by atoms with Gasteiger partial charge < -0.3 is 5.73 Å². The van der Waals surface area contributed by atoms with Crippen LogP contribution in [0.5, 0.6) is 0 Å². The number of hydrogen-bond donors (Lipinski definition) is 1. The first-order valence-corrected chi connectivity index (χ1v) is 6.35. The molecule has 0 heterocycles. The minimum atomic E-state index is 0.607. The van der Waals surface area contributed by atoms with Crippen molar-refractivity contribution in [1.29, 1.82) is 0 Å². The predicted molar refractivity (Wildman–Crippen MR) is 69.2 cm³/mol. The molecule has 16 heavy (non-hydrogen) atoms. The van der Waals surface area contributed by atoms with Crippen LogP contribution in [-0.4, -0.2) is 18.0 Å². The Balaban J connectivity index is 2.21. The lowest BCUT2D eigenvalue weighted by molar-refractivity contribution is 0.196. The third kappa shape index (κ3) is 2.38. The molecule has 2 N–H and O–H groups in total. The van der Waals surface area contributed by atoms with Crippen LogP contribution in [0, 0.1) is 5.92 Å². The van der Waals surface area contributed by atoms with Crippen LogP contribution in [0.3, 0.4) is 0 Å². The van der Waals surface area contributed by atoms with Crippen molar-refractivity contribution in [3.05, 3.63) is 29.8 Å². The van der Waals surface area contributed by atoms with Crippen LogP contribution in [0.2, 0.25) is 0 Å². The van der Waals surface area contributed by atoms with Gasteiger partial charge in [0.25, 0.3) is 0 Å². The highest BCUT2D eigenvalue weighted by Gasteiger charge is 2.35. The third-order valence-electron chi connectivity index (χ3n) is 3.55. The lowest BCUT2D eigenvalue weighted by Crippen LogP contribution is -2.29. The Morgan fingerprint density at radius 3 is 2.19 bits per heavy atom. The predicted octanol–water partition coefficient (Wildman–Crippen LogP) is 3.06. The van der Waals surface area contributed by atoms with Gasteiger partial charge in [0, 0.05) is 11.7 Å². The van der Waals surface area contributed by atoms with Gasteiger partial charge in [0.1, 0.15) is 0 Å². The first-order chi connectivity index (χ1) is 7.76. The van der Waals surface area contributed by atoms with Gasteiger partial charge in [-0.05, 0) is 49.5 Å². The summed E-state index contributed by atoms with van der Waals surface area (Å²) >= 11 is 0. The Hall–Kier alpha value is -1.02. The van der Waals surface area contributed by atoms with Gasteiger partial charge in [-0.2, -0.15) is 0 Å². The third-order valence-corrected chi connectivity index (χ3v) is 3.55. The van der Waals surface area contributed by atoms with Crippen molar-refractivity contribution in [1.82, 2.24) is 4.90 Å². The minimum Gasteiger partial charge on any atom is -0.399 e. The maximum absolute atomic E-state index is 5.75. The van der Waals surface area contributed by atoms with Crippen molar-refractivity contribution >= 4 is 5.69 Å². The summed E-state index contributed by atoms with van der Waals surface area (Å²) in [6.07, 6.45) is 2.76. The summed E-state index contributed by atoms with van der Waals surface area (Å²) in [6.45, 7) is 6.75. The van der Waals surface area contributed by atoms with Crippen LogP contribution in [0.15, 0.2) is 24.3 Å². The monoisotopic (exact) mass is 218 g/mol. The summed E-state index contributed by atoms with van der Waals surface area (Å²) < 4.78 is 0. The molecule has 0 aromatic heterocycles. The van der Waals surface area contributed by atoms with Crippen molar-refractivity contribution in [2.75, 3.05) is 18.8 Å². The highest BCUT2D eigenvalue weighted by atomic mass is 15.2. The second-order valence-electron chi connectivity index (χ2n) is 4.67. The van der Waals surface area contributed by atoms with E-state index in [1.54, 1.807) is 0 Å². The fraction of sp³-hybridized carbons (Fsp3) is 0.571. The normalized spacial score (nSPS) is 17.7. The summed E-state index contributed by atoms with van der Waals surface area (Å²) in [4.78, 5) is 2.56. The van der Waals surface area contributed by atoms with Crippen molar-refractivity contribution in [3.63, 3.8) is 0 Å². The molecule has 0 bridgehead atoms. The van der Waals surface area contributed by atoms with Crippen molar-refractivity contribution in [2.45, 2.75) is 32.7 Å². The molecule has 0 spiro atoms. The Labute approximate surface area is 98.4 Å². The van der Waals surface area contributed by atoms with E-state index in [0.717, 1.165) is 24.7 Å². The van der Waals surface area contributed by atoms with E-state index in [-0.39, 0.29) is 0 Å². The second kappa shape index (κ2) is 4.88. The van der Waals surface area contributed by atoms with Gasteiger partial charge in [0.15, 0.2) is 0 Å². The fourth-order valence-electron chi connectivity index (χ4n) is 2.50. The quantitative estimate of drug-likeness (QED) is 0.770. The number of anilines is 1. The van der Waals surface area contributed by atoms with Gasteiger partial charge in [-0.1, -0.05) is 26.0 Å². The molecule has 1 aliphatic rings. The molecule has 1 aliphatic carbocycles. The van der Waals surface area contributed by atoms with Crippen LogP contribution >= 0.6 is 0 Å². The van der Waals surface area contributed by atoms with Crippen LogP contribution in [0.1, 0.15) is 38.3 Å². The molecule has 0 saturated heterocycles. The van der Waals surface area contributed by atoms with Gasteiger partial charge >= 0.3 is 0 Å². The lowest BCUT2D eigenvalue weighted by atomic mass is 10.00. The number of rotatable bonds is 5. The highest BCUT2D eigenvalue weighted by Crippen LogP contribution is 2.44. The van der Waals surface area contributed by atoms with Crippen LogP contribution in [-0.2, 0) is 0 Å². The van der Waals surface area contributed by atoms with E-state index in [4.69, 9.17) is 5.73 Å². The van der Waals surface area contributed by atoms with Crippen molar-refractivity contribution in [3.8, 4) is 0 Å². The van der Waals surface area contributed by atoms with E-state index in [1.165, 1.54) is 18.4 Å². The van der Waals surface area contributed by atoms with Crippen molar-refractivity contribution in [2.24, 2.45) is 5.92 Å². The maximum Gasteiger partial charge on any atom is 0.0376 e. The Morgan fingerprint density at radius 2 is 1.75 bits per heavy atom. The zero-order valence-corrected chi connectivity index (χ0v) is 10.3. The van der Waals surface area contributed by atoms with Crippen LogP contribution in [0.4, 0.5) is 5.69 Å². The van der Waals surface area contributed by atoms with E-state index in [9.17, 15) is 0 Å². The standard InChI is InChI=1S/C14H22N2/c1-3-16(4-2)14(11-5-6-11)12-7-9-13(15)10-8-12/h7-11,14H,3-6,15H2,1-2H3. The first-order valence-electron chi connectivity index (χ1n) is 6.35. The molecule has 0 radical (unpaired) electrons. The van der Waals surface area contributed by atoms with E-state index < -0.39 is 0 Å². The fourth-order valence-corrected chi connectivity index (χ4v) is 2.50. The SMILES string of the molecule is CCN(CC)C(c1ccc(N)cc1)C1CC1. The number of nitrogens with two attached hydrogens (primary N) is 1. The molecular weight excluding hydrogens is 196 g/mol. The van der Waals surface area contributed by atoms with Gasteiger partial charge in [0.2, 0.25) is 0 Å². The summed E-state index contributed by atoms with van der Waals surface area (Å²) in [5.74, 6) is 0.864. The molecule has 2 nitrogen and oxygen atoms in total. The number of nitrogen functional groups attached to an aromatic ring is 1. The molecule has 2 heteroatoms. The van der Waals surface area contributed by atoms with Crippen LogP contribution < -0.4 is 5.73 Å². The van der Waals surface area contributed by atoms with Crippen LogP contribution in [0.25, 0.3) is 0 Å². The molecule has 1 atom stereocenters. The minimum absolute atomic E-state index is 0.607. The molecule has 1 saturated carbocycles. The molecular formula is C14H22N2. The highest BCUT2D eigenvalue weighted by molar-refractivity contribution is 5.40. The van der Waals surface area contributed by atoms with E-state index in [0.29, 0.717) is 6.04 Å². The van der Waals surface area contributed by atoms with Gasteiger partial charge in [-0.15, -0.1) is 0 Å². The zero-order chi connectivity index (χ0) is 11.5. The molecule has 0 aliphatic heterocycles.